The van der Waals surface area contributed by atoms with Gasteiger partial charge in [-0.1, -0.05) is 23.2 Å². The molecule has 0 saturated carbocycles. The van der Waals surface area contributed by atoms with Gasteiger partial charge in [-0.05, 0) is 31.2 Å². The average Bonchev–Trinajstić information content (AvgIpc) is 3.12. The third-order valence-electron chi connectivity index (χ3n) is 5.43. The summed E-state index contributed by atoms with van der Waals surface area (Å²) in [4.78, 5) is 11.1. The van der Waals surface area contributed by atoms with Crippen molar-refractivity contribution in [3.63, 3.8) is 0 Å². The highest BCUT2D eigenvalue weighted by Gasteiger charge is 2.29. The number of halogens is 2. The first-order valence-corrected chi connectivity index (χ1v) is 12.2. The Hall–Kier alpha value is -1.91. The van der Waals surface area contributed by atoms with Gasteiger partial charge in [-0.25, -0.2) is 18.4 Å². The first-order valence-electron chi connectivity index (χ1n) is 9.96. The van der Waals surface area contributed by atoms with Crippen LogP contribution in [0, 0.1) is 0 Å². The van der Waals surface area contributed by atoms with E-state index < -0.39 is 10.0 Å². The topological polar surface area (TPSA) is 83.4 Å². The van der Waals surface area contributed by atoms with E-state index in [-0.39, 0.29) is 16.0 Å². The normalized spacial score (nSPS) is 17.2. The molecule has 4 rings (SSSR count). The molecule has 0 spiro atoms. The van der Waals surface area contributed by atoms with Crippen LogP contribution in [-0.2, 0) is 17.1 Å². The van der Waals surface area contributed by atoms with Crippen LogP contribution in [0.2, 0.25) is 10.0 Å². The summed E-state index contributed by atoms with van der Waals surface area (Å²) in [6.45, 7) is 5.01. The standard InChI is InChI=1S/C20H24Cl2N6O2S/c1-14(25-20-19-18(23-13-24-20)5-6-26(19)2)12-27-7-9-28(10-8-27)31(29,30)15-3-4-16(21)17(22)11-15/h3-6,11,13-14H,7-10,12H2,1-2H3,(H,23,24,25)/t14-/m0/s1. The van der Waals surface area contributed by atoms with Crippen LogP contribution >= 0.6 is 23.2 Å². The Labute approximate surface area is 191 Å². The number of sulfonamides is 1. The molecule has 1 N–H and O–H groups in total. The highest BCUT2D eigenvalue weighted by Crippen LogP contribution is 2.27. The lowest BCUT2D eigenvalue weighted by Crippen LogP contribution is -2.50. The van der Waals surface area contributed by atoms with Gasteiger partial charge in [0.2, 0.25) is 10.0 Å². The predicted octanol–water partition coefficient (Wildman–Crippen LogP) is 3.08. The van der Waals surface area contributed by atoms with Crippen LogP contribution in [0.25, 0.3) is 11.0 Å². The molecule has 1 aliphatic heterocycles. The minimum absolute atomic E-state index is 0.131. The number of nitrogens with zero attached hydrogens (tertiary/aromatic N) is 5. The predicted molar refractivity (Wildman–Crippen MR) is 123 cm³/mol. The van der Waals surface area contributed by atoms with Gasteiger partial charge in [-0.3, -0.25) is 4.90 Å². The van der Waals surface area contributed by atoms with Crippen LogP contribution in [0.3, 0.4) is 0 Å². The quantitative estimate of drug-likeness (QED) is 0.581. The van der Waals surface area contributed by atoms with Gasteiger partial charge in [0, 0.05) is 52.0 Å². The number of fused-ring (bicyclic) bond motifs is 1. The summed E-state index contributed by atoms with van der Waals surface area (Å²) >= 11 is 11.9. The third kappa shape index (κ3) is 4.65. The number of rotatable bonds is 6. The van der Waals surface area contributed by atoms with Crippen LogP contribution in [0.5, 0.6) is 0 Å². The van der Waals surface area contributed by atoms with Crippen molar-refractivity contribution in [1.82, 2.24) is 23.7 Å². The number of benzene rings is 1. The van der Waals surface area contributed by atoms with Crippen LogP contribution in [0.1, 0.15) is 6.92 Å². The smallest absolute Gasteiger partial charge is 0.243 e. The highest BCUT2D eigenvalue weighted by molar-refractivity contribution is 7.89. The molecule has 31 heavy (non-hydrogen) atoms. The minimum Gasteiger partial charge on any atom is -0.364 e. The zero-order chi connectivity index (χ0) is 22.2. The molecule has 0 amide bonds. The van der Waals surface area contributed by atoms with E-state index in [0.29, 0.717) is 31.2 Å². The molecule has 1 aliphatic rings. The van der Waals surface area contributed by atoms with Crippen molar-refractivity contribution in [2.75, 3.05) is 38.0 Å². The molecule has 0 unspecified atom stereocenters. The van der Waals surface area contributed by atoms with Crippen molar-refractivity contribution < 1.29 is 8.42 Å². The van der Waals surface area contributed by atoms with Crippen molar-refractivity contribution >= 4 is 50.1 Å². The average molecular weight is 483 g/mol. The van der Waals surface area contributed by atoms with E-state index in [1.807, 2.05) is 23.9 Å². The Balaban J connectivity index is 1.36. The van der Waals surface area contributed by atoms with Gasteiger partial charge in [0.15, 0.2) is 5.82 Å². The fraction of sp³-hybridized carbons (Fsp3) is 0.400. The number of aromatic nitrogens is 3. The fourth-order valence-corrected chi connectivity index (χ4v) is 5.64. The molecule has 0 aliphatic carbocycles. The summed E-state index contributed by atoms with van der Waals surface area (Å²) in [5, 5.41) is 4.04. The van der Waals surface area contributed by atoms with Crippen molar-refractivity contribution in [2.24, 2.45) is 7.05 Å². The summed E-state index contributed by atoms with van der Waals surface area (Å²) in [5.74, 6) is 0.797. The molecule has 11 heteroatoms. The molecule has 1 aromatic carbocycles. The van der Waals surface area contributed by atoms with Crippen LogP contribution in [0.15, 0.2) is 41.7 Å². The molecule has 3 heterocycles. The summed E-state index contributed by atoms with van der Waals surface area (Å²) in [6.07, 6.45) is 3.52. The summed E-state index contributed by atoms with van der Waals surface area (Å²) in [6, 6.07) is 6.50. The van der Waals surface area contributed by atoms with Gasteiger partial charge in [0.05, 0.1) is 20.5 Å². The van der Waals surface area contributed by atoms with E-state index in [9.17, 15) is 8.42 Å². The van der Waals surface area contributed by atoms with E-state index in [4.69, 9.17) is 23.2 Å². The summed E-state index contributed by atoms with van der Waals surface area (Å²) in [5.41, 5.74) is 1.86. The number of piperazine rings is 1. The second-order valence-electron chi connectivity index (χ2n) is 7.71. The van der Waals surface area contributed by atoms with E-state index in [1.54, 1.807) is 6.33 Å². The van der Waals surface area contributed by atoms with Gasteiger partial charge < -0.3 is 9.88 Å². The largest absolute Gasteiger partial charge is 0.364 e. The number of hydrogen-bond acceptors (Lipinski definition) is 6. The number of anilines is 1. The monoisotopic (exact) mass is 482 g/mol. The molecule has 1 fully saturated rings. The molecule has 2 aromatic heterocycles. The Bertz CT molecular complexity index is 1190. The second-order valence-corrected chi connectivity index (χ2v) is 10.5. The Morgan fingerprint density at radius 2 is 1.84 bits per heavy atom. The first-order chi connectivity index (χ1) is 14.8. The van der Waals surface area contributed by atoms with Crippen LogP contribution in [0.4, 0.5) is 5.82 Å². The Morgan fingerprint density at radius 3 is 2.55 bits per heavy atom. The van der Waals surface area contributed by atoms with Crippen molar-refractivity contribution in [3.05, 3.63) is 46.8 Å². The Morgan fingerprint density at radius 1 is 1.10 bits per heavy atom. The lowest BCUT2D eigenvalue weighted by Gasteiger charge is -2.35. The van der Waals surface area contributed by atoms with E-state index >= 15 is 0 Å². The molecular formula is C20H24Cl2N6O2S. The fourth-order valence-electron chi connectivity index (χ4n) is 3.83. The maximum absolute atomic E-state index is 12.9. The molecule has 1 atom stereocenters. The minimum atomic E-state index is -3.60. The van der Waals surface area contributed by atoms with Gasteiger partial charge in [-0.2, -0.15) is 4.31 Å². The second kappa shape index (κ2) is 8.91. The lowest BCUT2D eigenvalue weighted by molar-refractivity contribution is 0.184. The number of nitrogens with one attached hydrogen (secondary N) is 1. The maximum atomic E-state index is 12.9. The van der Waals surface area contributed by atoms with Gasteiger partial charge in [0.25, 0.3) is 0 Å². The third-order valence-corrected chi connectivity index (χ3v) is 8.07. The van der Waals surface area contributed by atoms with Gasteiger partial charge in [0.1, 0.15) is 11.8 Å². The first kappa shape index (κ1) is 22.3. The molecule has 166 valence electrons. The van der Waals surface area contributed by atoms with Crippen molar-refractivity contribution in [3.8, 4) is 0 Å². The summed E-state index contributed by atoms with van der Waals surface area (Å²) in [7, 11) is -1.63. The molecular weight excluding hydrogens is 459 g/mol. The molecule has 8 nitrogen and oxygen atoms in total. The SMILES string of the molecule is C[C@@H](CN1CCN(S(=O)(=O)c2ccc(Cl)c(Cl)c2)CC1)Nc1ncnc2ccn(C)c12. The molecule has 3 aromatic rings. The van der Waals surface area contributed by atoms with E-state index in [0.717, 1.165) is 23.4 Å². The zero-order valence-corrected chi connectivity index (χ0v) is 19.6. The van der Waals surface area contributed by atoms with E-state index in [1.165, 1.54) is 22.5 Å². The zero-order valence-electron chi connectivity index (χ0n) is 17.3. The summed E-state index contributed by atoms with van der Waals surface area (Å²) < 4.78 is 29.4. The molecule has 0 bridgehead atoms. The van der Waals surface area contributed by atoms with E-state index in [2.05, 4.69) is 27.1 Å². The van der Waals surface area contributed by atoms with Gasteiger partial charge >= 0.3 is 0 Å². The Kier molecular flexibility index (Phi) is 6.41. The van der Waals surface area contributed by atoms with Crippen LogP contribution in [-0.4, -0.2) is 70.9 Å². The molecule has 0 radical (unpaired) electrons. The van der Waals surface area contributed by atoms with Crippen molar-refractivity contribution in [2.45, 2.75) is 17.9 Å². The molecule has 1 saturated heterocycles. The lowest BCUT2D eigenvalue weighted by atomic mass is 10.2. The van der Waals surface area contributed by atoms with Gasteiger partial charge in [-0.15, -0.1) is 0 Å². The number of aryl methyl sites for hydroxylation is 1. The van der Waals surface area contributed by atoms with Crippen molar-refractivity contribution in [1.29, 1.82) is 0 Å². The van der Waals surface area contributed by atoms with Crippen LogP contribution < -0.4 is 5.32 Å². The number of hydrogen-bond donors (Lipinski definition) is 1. The highest BCUT2D eigenvalue weighted by atomic mass is 35.5. The maximum Gasteiger partial charge on any atom is 0.243 e.